The molecule has 2 aromatic carbocycles. The van der Waals surface area contributed by atoms with Crippen molar-refractivity contribution in [2.24, 2.45) is 0 Å². The molecule has 5 rings (SSSR count). The van der Waals surface area contributed by atoms with Crippen molar-refractivity contribution in [1.82, 2.24) is 8.75 Å². The molecule has 8 heteroatoms. The molecule has 0 bridgehead atoms. The molecule has 7 nitrogen and oxygen atoms in total. The van der Waals surface area contributed by atoms with Gasteiger partial charge in [0.2, 0.25) is 0 Å². The van der Waals surface area contributed by atoms with Crippen LogP contribution in [0.1, 0.15) is 23.5 Å². The van der Waals surface area contributed by atoms with E-state index < -0.39 is 11.9 Å². The van der Waals surface area contributed by atoms with Crippen LogP contribution in [0.4, 0.5) is 0 Å². The first-order valence-electron chi connectivity index (χ1n) is 8.21. The Hall–Kier alpha value is -3.26. The van der Waals surface area contributed by atoms with E-state index in [9.17, 15) is 9.59 Å². The van der Waals surface area contributed by atoms with E-state index in [1.165, 1.54) is 13.4 Å². The molecule has 0 unspecified atom stereocenters. The molecule has 1 atom stereocenters. The van der Waals surface area contributed by atoms with Gasteiger partial charge < -0.3 is 13.9 Å². The second-order valence-electron chi connectivity index (χ2n) is 6.22. The van der Waals surface area contributed by atoms with Crippen molar-refractivity contribution in [3.8, 4) is 11.5 Å². The molecule has 0 aliphatic carbocycles. The third kappa shape index (κ3) is 2.41. The first-order valence-corrected chi connectivity index (χ1v) is 8.94. The van der Waals surface area contributed by atoms with Gasteiger partial charge in [0.15, 0.2) is 5.43 Å². The number of fused-ring (bicyclic) bond motifs is 4. The summed E-state index contributed by atoms with van der Waals surface area (Å²) in [4.78, 5) is 25.3. The van der Waals surface area contributed by atoms with Crippen LogP contribution in [0, 0.1) is 0 Å². The smallest absolute Gasteiger partial charge is 0.312 e. The summed E-state index contributed by atoms with van der Waals surface area (Å²) in [5.74, 6) is 0.0453. The predicted octanol–water partition coefficient (Wildman–Crippen LogP) is 3.25. The number of benzene rings is 2. The Bertz CT molecular complexity index is 1280. The Morgan fingerprint density at radius 3 is 2.93 bits per heavy atom. The Morgan fingerprint density at radius 2 is 2.07 bits per heavy atom. The number of aromatic nitrogens is 2. The molecule has 27 heavy (non-hydrogen) atoms. The van der Waals surface area contributed by atoms with Crippen molar-refractivity contribution in [3.63, 3.8) is 0 Å². The SMILES string of the molecule is COc1ccc2occ([C@@H]3CC(=O)Oc4ccc5nsnc5c43)c(=O)c2c1. The van der Waals surface area contributed by atoms with Crippen LogP contribution in [0.15, 0.2) is 45.8 Å². The Morgan fingerprint density at radius 1 is 1.19 bits per heavy atom. The molecule has 0 radical (unpaired) electrons. The number of esters is 1. The fraction of sp³-hybridized carbons (Fsp3) is 0.158. The monoisotopic (exact) mass is 380 g/mol. The molecule has 3 heterocycles. The number of carbonyl (C=O) groups is 1. The first kappa shape index (κ1) is 16.0. The van der Waals surface area contributed by atoms with Crippen molar-refractivity contribution < 1.29 is 18.7 Å². The topological polar surface area (TPSA) is 91.5 Å². The van der Waals surface area contributed by atoms with Gasteiger partial charge in [-0.05, 0) is 30.3 Å². The molecular weight excluding hydrogens is 368 g/mol. The number of hydrogen-bond donors (Lipinski definition) is 0. The van der Waals surface area contributed by atoms with Crippen molar-refractivity contribution in [1.29, 1.82) is 0 Å². The van der Waals surface area contributed by atoms with E-state index >= 15 is 0 Å². The molecule has 0 spiro atoms. The zero-order valence-electron chi connectivity index (χ0n) is 14.1. The van der Waals surface area contributed by atoms with Gasteiger partial charge in [-0.3, -0.25) is 9.59 Å². The average molecular weight is 380 g/mol. The molecule has 1 aliphatic rings. The van der Waals surface area contributed by atoms with Crippen LogP contribution in [0.5, 0.6) is 11.5 Å². The maximum Gasteiger partial charge on any atom is 0.312 e. The van der Waals surface area contributed by atoms with E-state index in [1.807, 2.05) is 0 Å². The zero-order valence-corrected chi connectivity index (χ0v) is 14.9. The molecule has 0 saturated heterocycles. The molecule has 0 saturated carbocycles. The molecule has 4 aromatic rings. The van der Waals surface area contributed by atoms with Gasteiger partial charge in [0.25, 0.3) is 0 Å². The second kappa shape index (κ2) is 5.88. The minimum Gasteiger partial charge on any atom is -0.497 e. The van der Waals surface area contributed by atoms with Gasteiger partial charge in [-0.2, -0.15) is 8.75 Å². The van der Waals surface area contributed by atoms with Gasteiger partial charge in [0, 0.05) is 17.0 Å². The van der Waals surface area contributed by atoms with Crippen molar-refractivity contribution in [3.05, 3.63) is 57.9 Å². The highest BCUT2D eigenvalue weighted by Crippen LogP contribution is 2.41. The largest absolute Gasteiger partial charge is 0.497 e. The zero-order chi connectivity index (χ0) is 18.5. The lowest BCUT2D eigenvalue weighted by Crippen LogP contribution is -2.25. The minimum atomic E-state index is -0.513. The van der Waals surface area contributed by atoms with Gasteiger partial charge in [-0.15, -0.1) is 0 Å². The second-order valence-corrected chi connectivity index (χ2v) is 6.75. The van der Waals surface area contributed by atoms with Gasteiger partial charge in [-0.1, -0.05) is 0 Å². The number of nitrogens with zero attached hydrogens (tertiary/aromatic N) is 2. The third-order valence-electron chi connectivity index (χ3n) is 4.75. The van der Waals surface area contributed by atoms with E-state index in [0.717, 1.165) is 11.7 Å². The van der Waals surface area contributed by atoms with Crippen molar-refractivity contribution >= 4 is 39.7 Å². The lowest BCUT2D eigenvalue weighted by atomic mass is 9.86. The molecule has 134 valence electrons. The van der Waals surface area contributed by atoms with Crippen LogP contribution in [0.2, 0.25) is 0 Å². The minimum absolute atomic E-state index is 0.0316. The summed E-state index contributed by atoms with van der Waals surface area (Å²) in [6, 6.07) is 8.49. The van der Waals surface area contributed by atoms with Gasteiger partial charge >= 0.3 is 5.97 Å². The van der Waals surface area contributed by atoms with E-state index in [1.54, 1.807) is 30.3 Å². The summed E-state index contributed by atoms with van der Waals surface area (Å²) in [6.07, 6.45) is 1.45. The van der Waals surface area contributed by atoms with E-state index in [-0.39, 0.29) is 11.8 Å². The Labute approximate surface area is 156 Å². The summed E-state index contributed by atoms with van der Waals surface area (Å²) in [5.41, 5.74) is 2.66. The molecular formula is C19H12N2O5S. The lowest BCUT2D eigenvalue weighted by Gasteiger charge is -2.24. The van der Waals surface area contributed by atoms with Crippen LogP contribution in [-0.2, 0) is 4.79 Å². The highest BCUT2D eigenvalue weighted by Gasteiger charge is 2.33. The quantitative estimate of drug-likeness (QED) is 0.389. The average Bonchev–Trinajstić information content (AvgIpc) is 3.16. The Kier molecular flexibility index (Phi) is 3.48. The highest BCUT2D eigenvalue weighted by atomic mass is 32.1. The molecule has 2 aromatic heterocycles. The summed E-state index contributed by atoms with van der Waals surface area (Å²) in [6.45, 7) is 0. The van der Waals surface area contributed by atoms with Gasteiger partial charge in [0.05, 0.1) is 36.9 Å². The summed E-state index contributed by atoms with van der Waals surface area (Å²) >= 11 is 1.08. The number of ether oxygens (including phenoxy) is 2. The van der Waals surface area contributed by atoms with Gasteiger partial charge in [-0.25, -0.2) is 0 Å². The van der Waals surface area contributed by atoms with Crippen molar-refractivity contribution in [2.75, 3.05) is 7.11 Å². The summed E-state index contributed by atoms with van der Waals surface area (Å²) < 4.78 is 24.8. The predicted molar refractivity (Wildman–Crippen MR) is 98.5 cm³/mol. The fourth-order valence-corrected chi connectivity index (χ4v) is 4.02. The van der Waals surface area contributed by atoms with E-state index in [2.05, 4.69) is 8.75 Å². The number of hydrogen-bond acceptors (Lipinski definition) is 8. The highest BCUT2D eigenvalue weighted by molar-refractivity contribution is 7.00. The van der Waals surface area contributed by atoms with Crippen LogP contribution >= 0.6 is 11.7 Å². The fourth-order valence-electron chi connectivity index (χ4n) is 3.47. The third-order valence-corrected chi connectivity index (χ3v) is 5.29. The van der Waals surface area contributed by atoms with Crippen LogP contribution in [0.25, 0.3) is 22.0 Å². The molecule has 0 fully saturated rings. The number of carbonyl (C=O) groups excluding carboxylic acids is 1. The summed E-state index contributed by atoms with van der Waals surface area (Å²) in [5, 5.41) is 0.399. The number of rotatable bonds is 2. The number of methoxy groups -OCH3 is 1. The van der Waals surface area contributed by atoms with Crippen LogP contribution in [0.3, 0.4) is 0 Å². The summed E-state index contributed by atoms with van der Waals surface area (Å²) in [7, 11) is 1.53. The molecule has 0 amide bonds. The maximum absolute atomic E-state index is 13.2. The first-order chi connectivity index (χ1) is 13.2. The van der Waals surface area contributed by atoms with Crippen LogP contribution in [-0.4, -0.2) is 21.8 Å². The maximum atomic E-state index is 13.2. The van der Waals surface area contributed by atoms with E-state index in [0.29, 0.717) is 44.6 Å². The normalized spacial score (nSPS) is 16.3. The standard InChI is InChI=1S/C19H12N2O5S/c1-24-9-2-4-14-11(6-9)19(23)12(8-25-14)10-7-16(22)26-15-5-3-13-18(17(10)15)21-27-20-13/h2-6,8,10H,7H2,1H3/t10-/m0/s1. The Balaban J connectivity index is 1.78. The van der Waals surface area contributed by atoms with Crippen LogP contribution < -0.4 is 14.9 Å². The van der Waals surface area contributed by atoms with E-state index in [4.69, 9.17) is 13.9 Å². The van der Waals surface area contributed by atoms with Gasteiger partial charge in [0.1, 0.15) is 28.1 Å². The lowest BCUT2D eigenvalue weighted by molar-refractivity contribution is -0.135. The molecule has 0 N–H and O–H groups in total. The molecule has 1 aliphatic heterocycles. The van der Waals surface area contributed by atoms with Crippen molar-refractivity contribution in [2.45, 2.75) is 12.3 Å².